The number of fused-ring (bicyclic) bond motifs is 7. The van der Waals surface area contributed by atoms with Crippen LogP contribution < -0.4 is 5.48 Å². The second-order valence-corrected chi connectivity index (χ2v) is 15.3. The number of rotatable bonds is 2. The van der Waals surface area contributed by atoms with E-state index in [1.54, 1.807) is 0 Å². The molecule has 36 heavy (non-hydrogen) atoms. The number of carbonyl (C=O) groups excluding carboxylic acids is 2. The van der Waals surface area contributed by atoms with E-state index in [0.717, 1.165) is 57.8 Å². The Bertz CT molecular complexity index is 1000. The van der Waals surface area contributed by atoms with Crippen molar-refractivity contribution >= 4 is 11.7 Å². The number of hydrogen-bond donors (Lipinski definition) is 2. The molecule has 0 radical (unpaired) electrons. The highest BCUT2D eigenvalue weighted by molar-refractivity contribution is 5.95. The molecule has 5 nitrogen and oxygen atoms in total. The van der Waals surface area contributed by atoms with Gasteiger partial charge in [-0.15, -0.1) is 0 Å². The number of aliphatic hydroxyl groups is 1. The molecule has 0 aromatic carbocycles. The summed E-state index contributed by atoms with van der Waals surface area (Å²) in [5, 5.41) is 10.9. The normalized spacial score (nSPS) is 51.7. The van der Waals surface area contributed by atoms with Gasteiger partial charge in [0.05, 0.1) is 13.2 Å². The third kappa shape index (κ3) is 3.20. The highest BCUT2D eigenvalue weighted by Gasteiger charge is 2.70. The molecule has 0 saturated heterocycles. The van der Waals surface area contributed by atoms with Crippen LogP contribution in [0.3, 0.4) is 0 Å². The zero-order chi connectivity index (χ0) is 26.5. The van der Waals surface area contributed by atoms with Crippen molar-refractivity contribution in [2.75, 3.05) is 7.11 Å². The molecule has 5 aliphatic carbocycles. The smallest absolute Gasteiger partial charge is 0.249 e. The molecule has 0 heterocycles. The number of carbonyl (C=O) groups is 2. The van der Waals surface area contributed by atoms with Crippen LogP contribution in [0.5, 0.6) is 0 Å². The third-order valence-electron chi connectivity index (χ3n) is 13.3. The van der Waals surface area contributed by atoms with Crippen LogP contribution in [0.1, 0.15) is 106 Å². The number of allylic oxidation sites excluding steroid dienone is 2. The van der Waals surface area contributed by atoms with E-state index in [-0.39, 0.29) is 50.9 Å². The van der Waals surface area contributed by atoms with Crippen LogP contribution in [0.4, 0.5) is 0 Å². The number of aliphatic hydroxyl groups excluding tert-OH is 1. The molecule has 0 aromatic heterocycles. The lowest BCUT2D eigenvalue weighted by Gasteiger charge is -2.70. The second-order valence-electron chi connectivity index (χ2n) is 15.3. The van der Waals surface area contributed by atoms with Crippen LogP contribution in [-0.4, -0.2) is 30.0 Å². The van der Waals surface area contributed by atoms with Crippen LogP contribution in [0.15, 0.2) is 11.6 Å². The molecule has 0 unspecified atom stereocenters. The van der Waals surface area contributed by atoms with Gasteiger partial charge in [-0.05, 0) is 103 Å². The van der Waals surface area contributed by atoms with Gasteiger partial charge in [0.2, 0.25) is 5.91 Å². The Morgan fingerprint density at radius 2 is 1.64 bits per heavy atom. The monoisotopic (exact) mass is 499 g/mol. The summed E-state index contributed by atoms with van der Waals surface area (Å²) in [7, 11) is 1.50. The van der Waals surface area contributed by atoms with Crippen LogP contribution in [0.2, 0.25) is 0 Å². The summed E-state index contributed by atoms with van der Waals surface area (Å²) in [6.45, 7) is 16.2. The predicted molar refractivity (Wildman–Crippen MR) is 141 cm³/mol. The summed E-state index contributed by atoms with van der Waals surface area (Å²) in [5.41, 5.74) is 3.13. The third-order valence-corrected chi connectivity index (χ3v) is 13.3. The number of hydroxylamine groups is 1. The number of hydrogen-bond acceptors (Lipinski definition) is 4. The molecule has 1 amide bonds. The Morgan fingerprint density at radius 1 is 0.972 bits per heavy atom. The Balaban J connectivity index is 1.59. The summed E-state index contributed by atoms with van der Waals surface area (Å²) in [6.07, 6.45) is 10.4. The standard InChI is InChI=1S/C31H49NO4/c1-26(2)22-9-12-31(7)24(29(22,5)11-10-23(26)34)21(33)17-19-20-18-28(4,25(35)32-36-8)14-13-27(20,3)15-16-30(19,31)6/h17,20,22-24,34H,9-16,18H2,1-8H3,(H,32,35)/t20-,22-,23-,24+,27+,28-,29-,30+,31+/m0/s1. The van der Waals surface area contributed by atoms with E-state index >= 15 is 0 Å². The van der Waals surface area contributed by atoms with Gasteiger partial charge >= 0.3 is 0 Å². The largest absolute Gasteiger partial charge is 0.393 e. The SMILES string of the molecule is CONC(=O)[C@@]1(C)CC[C@]2(C)CC[C@]3(C)C(=CC(=O)[C@@H]4[C@@]5(C)CC[C@H](O)C(C)(C)[C@@H]5CC[C@]43C)[C@@H]2C1. The van der Waals surface area contributed by atoms with E-state index in [9.17, 15) is 14.7 Å². The van der Waals surface area contributed by atoms with E-state index in [1.165, 1.54) is 12.7 Å². The summed E-state index contributed by atoms with van der Waals surface area (Å²) in [6, 6.07) is 0. The van der Waals surface area contributed by atoms with Crippen molar-refractivity contribution in [3.8, 4) is 0 Å². The molecule has 5 rings (SSSR count). The van der Waals surface area contributed by atoms with Gasteiger partial charge in [-0.2, -0.15) is 0 Å². The van der Waals surface area contributed by atoms with Gasteiger partial charge in [0, 0.05) is 11.3 Å². The number of amides is 1. The first-order valence-electron chi connectivity index (χ1n) is 14.4. The fourth-order valence-electron chi connectivity index (χ4n) is 10.6. The van der Waals surface area contributed by atoms with Gasteiger partial charge in [-0.25, -0.2) is 5.48 Å². The van der Waals surface area contributed by atoms with E-state index < -0.39 is 5.41 Å². The average Bonchev–Trinajstić information content (AvgIpc) is 2.79. The lowest BCUT2D eigenvalue weighted by atomic mass is 9.33. The van der Waals surface area contributed by atoms with Crippen LogP contribution in [0.25, 0.3) is 0 Å². The Kier molecular flexibility index (Phi) is 5.80. The molecule has 4 saturated carbocycles. The maximum absolute atomic E-state index is 14.3. The quantitative estimate of drug-likeness (QED) is 0.457. The maximum Gasteiger partial charge on any atom is 0.249 e. The summed E-state index contributed by atoms with van der Waals surface area (Å²) < 4.78 is 0. The van der Waals surface area contributed by atoms with Crippen LogP contribution >= 0.6 is 0 Å². The molecule has 5 heteroatoms. The number of ketones is 1. The van der Waals surface area contributed by atoms with Crippen molar-refractivity contribution in [1.82, 2.24) is 5.48 Å². The van der Waals surface area contributed by atoms with E-state index in [1.807, 2.05) is 0 Å². The molecule has 2 N–H and O–H groups in total. The minimum atomic E-state index is -0.493. The van der Waals surface area contributed by atoms with Gasteiger partial charge in [-0.1, -0.05) is 54.0 Å². The summed E-state index contributed by atoms with van der Waals surface area (Å²) in [5.74, 6) is 0.832. The minimum Gasteiger partial charge on any atom is -0.393 e. The van der Waals surface area contributed by atoms with Crippen molar-refractivity contribution in [3.05, 3.63) is 11.6 Å². The molecular weight excluding hydrogens is 450 g/mol. The Morgan fingerprint density at radius 3 is 2.31 bits per heavy atom. The first kappa shape index (κ1) is 26.4. The van der Waals surface area contributed by atoms with Crippen molar-refractivity contribution < 1.29 is 19.5 Å². The molecule has 9 atom stereocenters. The Hall–Kier alpha value is -1.20. The predicted octanol–water partition coefficient (Wildman–Crippen LogP) is 6.01. The van der Waals surface area contributed by atoms with E-state index in [0.29, 0.717) is 11.7 Å². The van der Waals surface area contributed by atoms with Gasteiger partial charge in [0.25, 0.3) is 0 Å². The maximum atomic E-state index is 14.3. The van der Waals surface area contributed by atoms with Crippen molar-refractivity contribution in [1.29, 1.82) is 0 Å². The molecule has 0 bridgehead atoms. The first-order valence-corrected chi connectivity index (χ1v) is 14.4. The first-order chi connectivity index (χ1) is 16.6. The lowest BCUT2D eigenvalue weighted by Crippen LogP contribution is -2.66. The molecule has 0 aromatic rings. The second kappa shape index (κ2) is 7.91. The molecular formula is C31H49NO4. The molecule has 202 valence electrons. The molecule has 5 aliphatic rings. The zero-order valence-electron chi connectivity index (χ0n) is 23.9. The topological polar surface area (TPSA) is 75.6 Å². The highest BCUT2D eigenvalue weighted by Crippen LogP contribution is 2.75. The van der Waals surface area contributed by atoms with Crippen LogP contribution in [0, 0.1) is 50.2 Å². The zero-order valence-corrected chi connectivity index (χ0v) is 23.9. The van der Waals surface area contributed by atoms with Crippen LogP contribution in [-0.2, 0) is 14.4 Å². The lowest BCUT2D eigenvalue weighted by molar-refractivity contribution is -0.202. The summed E-state index contributed by atoms with van der Waals surface area (Å²) in [4.78, 5) is 32.4. The van der Waals surface area contributed by atoms with Gasteiger partial charge in [0.1, 0.15) is 0 Å². The van der Waals surface area contributed by atoms with Gasteiger partial charge in [0.15, 0.2) is 5.78 Å². The fraction of sp³-hybridized carbons (Fsp3) is 0.871. The minimum absolute atomic E-state index is 0.0135. The van der Waals surface area contributed by atoms with E-state index in [2.05, 4.69) is 60.0 Å². The molecule has 4 fully saturated rings. The summed E-state index contributed by atoms with van der Waals surface area (Å²) >= 11 is 0. The van der Waals surface area contributed by atoms with Crippen molar-refractivity contribution in [2.45, 2.75) is 112 Å². The van der Waals surface area contributed by atoms with E-state index in [4.69, 9.17) is 4.84 Å². The highest BCUT2D eigenvalue weighted by atomic mass is 16.6. The molecule has 0 spiro atoms. The fourth-order valence-corrected chi connectivity index (χ4v) is 10.6. The number of nitrogens with one attached hydrogen (secondary N) is 1. The van der Waals surface area contributed by atoms with Gasteiger partial charge < -0.3 is 5.11 Å². The van der Waals surface area contributed by atoms with Crippen molar-refractivity contribution in [2.24, 2.45) is 50.2 Å². The average molecular weight is 500 g/mol. The van der Waals surface area contributed by atoms with Gasteiger partial charge in [-0.3, -0.25) is 14.4 Å². The molecule has 0 aliphatic heterocycles. The Labute approximate surface area is 218 Å². The van der Waals surface area contributed by atoms with Crippen molar-refractivity contribution in [3.63, 3.8) is 0 Å².